The quantitative estimate of drug-likeness (QED) is 0.648. The molecule has 1 amide bonds. The van der Waals surface area contributed by atoms with Crippen molar-refractivity contribution in [1.82, 2.24) is 4.90 Å². The molecule has 0 aromatic heterocycles. The van der Waals surface area contributed by atoms with Crippen molar-refractivity contribution < 1.29 is 9.53 Å². The lowest BCUT2D eigenvalue weighted by molar-refractivity contribution is 0.0669. The highest BCUT2D eigenvalue weighted by atomic mass is 79.9. The fraction of sp³-hybridized carbons (Fsp3) is 0.462. The van der Waals surface area contributed by atoms with Crippen molar-refractivity contribution >= 4 is 27.5 Å². The third-order valence-electron chi connectivity index (χ3n) is 2.63. The Labute approximate surface area is 116 Å². The molecule has 0 spiro atoms. The van der Waals surface area contributed by atoms with Gasteiger partial charge in [-0.2, -0.15) is 0 Å². The molecule has 1 rings (SSSR count). The first-order valence-corrected chi connectivity index (χ1v) is 6.81. The first-order valence-electron chi connectivity index (χ1n) is 6.02. The highest BCUT2D eigenvalue weighted by Crippen LogP contribution is 2.21. The van der Waals surface area contributed by atoms with Crippen LogP contribution in [0.3, 0.4) is 0 Å². The summed E-state index contributed by atoms with van der Waals surface area (Å²) in [4.78, 5) is 14.0. The van der Waals surface area contributed by atoms with E-state index in [9.17, 15) is 4.79 Å². The van der Waals surface area contributed by atoms with Crippen LogP contribution in [0.4, 0.5) is 5.69 Å². The molecule has 2 N–H and O–H groups in total. The summed E-state index contributed by atoms with van der Waals surface area (Å²) in [5.74, 6) is -0.00194. The van der Waals surface area contributed by atoms with Crippen molar-refractivity contribution in [1.29, 1.82) is 0 Å². The Bertz CT molecular complexity index is 410. The second-order valence-corrected chi connectivity index (χ2v) is 4.67. The van der Waals surface area contributed by atoms with E-state index in [-0.39, 0.29) is 5.91 Å². The van der Waals surface area contributed by atoms with Crippen LogP contribution in [0, 0.1) is 0 Å². The molecule has 0 radical (unpaired) electrons. The predicted molar refractivity (Wildman–Crippen MR) is 76.6 cm³/mol. The van der Waals surface area contributed by atoms with E-state index in [0.717, 1.165) is 4.47 Å². The lowest BCUT2D eigenvalue weighted by atomic mass is 10.2. The Hall–Kier alpha value is -1.07. The molecule has 100 valence electrons. The Morgan fingerprint density at radius 2 is 2.17 bits per heavy atom. The summed E-state index contributed by atoms with van der Waals surface area (Å²) in [6.07, 6.45) is 0. The fourth-order valence-electron chi connectivity index (χ4n) is 1.57. The number of benzene rings is 1. The maximum Gasteiger partial charge on any atom is 0.253 e. The zero-order chi connectivity index (χ0) is 13.5. The van der Waals surface area contributed by atoms with Crippen LogP contribution in [0.15, 0.2) is 22.7 Å². The number of amides is 1. The smallest absolute Gasteiger partial charge is 0.253 e. The number of rotatable bonds is 6. The first kappa shape index (κ1) is 15.0. The van der Waals surface area contributed by atoms with E-state index in [1.54, 1.807) is 23.1 Å². The second-order valence-electron chi connectivity index (χ2n) is 3.82. The maximum atomic E-state index is 12.2. The number of hydrogen-bond donors (Lipinski definition) is 1. The SMILES string of the molecule is CCOCCN(CC)C(=O)c1ccc(N)c(Br)c1. The van der Waals surface area contributed by atoms with Crippen LogP contribution in [0.25, 0.3) is 0 Å². The number of likely N-dealkylation sites (N-methyl/N-ethyl adjacent to an activating group) is 1. The number of nitrogens with two attached hydrogens (primary N) is 1. The third-order valence-corrected chi connectivity index (χ3v) is 3.31. The molecule has 18 heavy (non-hydrogen) atoms. The summed E-state index contributed by atoms with van der Waals surface area (Å²) in [6, 6.07) is 5.22. The predicted octanol–water partition coefficient (Wildman–Crippen LogP) is 2.53. The highest BCUT2D eigenvalue weighted by Gasteiger charge is 2.14. The topological polar surface area (TPSA) is 55.6 Å². The zero-order valence-electron chi connectivity index (χ0n) is 10.8. The van der Waals surface area contributed by atoms with Gasteiger partial charge in [0.15, 0.2) is 0 Å². The van der Waals surface area contributed by atoms with Crippen molar-refractivity contribution in [2.24, 2.45) is 0 Å². The average Bonchev–Trinajstić information content (AvgIpc) is 2.37. The number of halogens is 1. The van der Waals surface area contributed by atoms with E-state index in [0.29, 0.717) is 37.6 Å². The molecule has 0 aliphatic heterocycles. The van der Waals surface area contributed by atoms with Gasteiger partial charge >= 0.3 is 0 Å². The van der Waals surface area contributed by atoms with Crippen LogP contribution in [0.2, 0.25) is 0 Å². The van der Waals surface area contributed by atoms with Gasteiger partial charge in [-0.1, -0.05) is 0 Å². The van der Waals surface area contributed by atoms with Crippen molar-refractivity contribution in [3.05, 3.63) is 28.2 Å². The Balaban J connectivity index is 2.73. The van der Waals surface area contributed by atoms with Gasteiger partial charge < -0.3 is 15.4 Å². The molecule has 0 unspecified atom stereocenters. The molecule has 5 heteroatoms. The van der Waals surface area contributed by atoms with Crippen LogP contribution in [-0.4, -0.2) is 37.1 Å². The molecule has 0 aliphatic rings. The average molecular weight is 315 g/mol. The standard InChI is InChI=1S/C13H19BrN2O2/c1-3-16(7-8-18-4-2)13(17)10-5-6-12(15)11(14)9-10/h5-6,9H,3-4,7-8,15H2,1-2H3. The minimum Gasteiger partial charge on any atom is -0.398 e. The molecule has 0 saturated heterocycles. The minimum atomic E-state index is -0.00194. The van der Waals surface area contributed by atoms with Crippen LogP contribution >= 0.6 is 15.9 Å². The van der Waals surface area contributed by atoms with Gasteiger partial charge in [-0.05, 0) is 48.0 Å². The van der Waals surface area contributed by atoms with E-state index >= 15 is 0 Å². The molecule has 0 atom stereocenters. The van der Waals surface area contributed by atoms with Gasteiger partial charge in [0.25, 0.3) is 5.91 Å². The van der Waals surface area contributed by atoms with Crippen molar-refractivity contribution in [2.75, 3.05) is 32.0 Å². The number of nitrogen functional groups attached to an aromatic ring is 1. The molecular formula is C13H19BrN2O2. The van der Waals surface area contributed by atoms with Crippen molar-refractivity contribution in [3.8, 4) is 0 Å². The van der Waals surface area contributed by atoms with Crippen LogP contribution < -0.4 is 5.73 Å². The van der Waals surface area contributed by atoms with Crippen LogP contribution in [0.5, 0.6) is 0 Å². The van der Waals surface area contributed by atoms with Gasteiger partial charge in [0.1, 0.15) is 0 Å². The minimum absolute atomic E-state index is 0.00194. The molecule has 4 nitrogen and oxygen atoms in total. The van der Waals surface area contributed by atoms with Gasteiger partial charge in [0, 0.05) is 35.4 Å². The Morgan fingerprint density at radius 3 is 2.72 bits per heavy atom. The van der Waals surface area contributed by atoms with E-state index in [2.05, 4.69) is 15.9 Å². The fourth-order valence-corrected chi connectivity index (χ4v) is 1.94. The van der Waals surface area contributed by atoms with Gasteiger partial charge in [-0.3, -0.25) is 4.79 Å². The molecule has 1 aromatic carbocycles. The summed E-state index contributed by atoms with van der Waals surface area (Å²) in [5, 5.41) is 0. The summed E-state index contributed by atoms with van der Waals surface area (Å²) in [7, 11) is 0. The van der Waals surface area contributed by atoms with E-state index in [1.165, 1.54) is 0 Å². The highest BCUT2D eigenvalue weighted by molar-refractivity contribution is 9.10. The molecule has 1 aromatic rings. The maximum absolute atomic E-state index is 12.2. The normalized spacial score (nSPS) is 10.4. The van der Waals surface area contributed by atoms with Crippen LogP contribution in [-0.2, 0) is 4.74 Å². The summed E-state index contributed by atoms with van der Waals surface area (Å²) in [5.41, 5.74) is 6.97. The van der Waals surface area contributed by atoms with Gasteiger partial charge in [-0.25, -0.2) is 0 Å². The van der Waals surface area contributed by atoms with Crippen molar-refractivity contribution in [3.63, 3.8) is 0 Å². The first-order chi connectivity index (χ1) is 8.60. The number of anilines is 1. The number of hydrogen-bond acceptors (Lipinski definition) is 3. The number of carbonyl (C=O) groups excluding carboxylic acids is 1. The molecule has 0 aliphatic carbocycles. The van der Waals surface area contributed by atoms with Crippen molar-refractivity contribution in [2.45, 2.75) is 13.8 Å². The lowest BCUT2D eigenvalue weighted by Crippen LogP contribution is -2.33. The zero-order valence-corrected chi connectivity index (χ0v) is 12.4. The van der Waals surface area contributed by atoms with Crippen LogP contribution in [0.1, 0.15) is 24.2 Å². The molecular weight excluding hydrogens is 296 g/mol. The lowest BCUT2D eigenvalue weighted by Gasteiger charge is -2.21. The van der Waals surface area contributed by atoms with E-state index in [4.69, 9.17) is 10.5 Å². The summed E-state index contributed by atoms with van der Waals surface area (Å²) >= 11 is 3.33. The number of ether oxygens (including phenoxy) is 1. The summed E-state index contributed by atoms with van der Waals surface area (Å²) in [6.45, 7) is 6.38. The molecule has 0 saturated carbocycles. The molecule has 0 heterocycles. The summed E-state index contributed by atoms with van der Waals surface area (Å²) < 4.78 is 6.02. The Kier molecular flexibility index (Phi) is 6.15. The molecule has 0 fully saturated rings. The van der Waals surface area contributed by atoms with Gasteiger partial charge in [0.05, 0.1) is 6.61 Å². The van der Waals surface area contributed by atoms with Gasteiger partial charge in [-0.15, -0.1) is 0 Å². The monoisotopic (exact) mass is 314 g/mol. The second kappa shape index (κ2) is 7.38. The largest absolute Gasteiger partial charge is 0.398 e. The number of nitrogens with zero attached hydrogens (tertiary/aromatic N) is 1. The number of carbonyl (C=O) groups is 1. The Morgan fingerprint density at radius 1 is 1.44 bits per heavy atom. The van der Waals surface area contributed by atoms with E-state index < -0.39 is 0 Å². The van der Waals surface area contributed by atoms with E-state index in [1.807, 2.05) is 13.8 Å². The molecule has 0 bridgehead atoms. The third kappa shape index (κ3) is 3.99. The van der Waals surface area contributed by atoms with Gasteiger partial charge in [0.2, 0.25) is 0 Å².